The zero-order valence-corrected chi connectivity index (χ0v) is 12.3. The van der Waals surface area contributed by atoms with Crippen molar-refractivity contribution in [2.75, 3.05) is 25.6 Å². The van der Waals surface area contributed by atoms with E-state index in [1.54, 1.807) is 24.5 Å². The summed E-state index contributed by atoms with van der Waals surface area (Å²) in [6.07, 6.45) is 2.33. The molecule has 0 radical (unpaired) electrons. The van der Waals surface area contributed by atoms with E-state index in [0.717, 1.165) is 0 Å². The quantitative estimate of drug-likeness (QED) is 0.768. The van der Waals surface area contributed by atoms with E-state index < -0.39 is 10.8 Å². The highest BCUT2D eigenvalue weighted by molar-refractivity contribution is 7.84. The summed E-state index contributed by atoms with van der Waals surface area (Å²) in [5.74, 6) is 0.247. The van der Waals surface area contributed by atoms with Gasteiger partial charge in [-0.1, -0.05) is 6.92 Å². The zero-order chi connectivity index (χ0) is 14.4. The molecule has 2 unspecified atom stereocenters. The van der Waals surface area contributed by atoms with Crippen LogP contribution in [0.3, 0.4) is 0 Å². The van der Waals surface area contributed by atoms with E-state index in [1.165, 1.54) is 7.11 Å². The van der Waals surface area contributed by atoms with Crippen molar-refractivity contribution >= 4 is 22.4 Å². The second-order valence-corrected chi connectivity index (χ2v) is 6.12. The Morgan fingerprint density at radius 2 is 2.21 bits per heavy atom. The van der Waals surface area contributed by atoms with Crippen LogP contribution in [0.25, 0.3) is 0 Å². The van der Waals surface area contributed by atoms with E-state index in [0.29, 0.717) is 30.0 Å². The van der Waals surface area contributed by atoms with Crippen molar-refractivity contribution in [3.8, 4) is 5.75 Å². The molecule has 0 bridgehead atoms. The molecular formula is C13H20N2O3S. The smallest absolute Gasteiger partial charge is 0.255 e. The Bertz CT molecular complexity index is 477. The first-order valence-electron chi connectivity index (χ1n) is 5.99. The third kappa shape index (κ3) is 4.55. The topological polar surface area (TPSA) is 81.4 Å². The standard InChI is InChI=1S/C13H20N2O3S/c1-9(19(3)17)6-7-15-13(16)11-8-10(14)4-5-12(11)18-2/h4-5,8-9H,6-7,14H2,1-3H3,(H,15,16). The number of nitrogens with one attached hydrogen (secondary N) is 1. The molecule has 1 aromatic carbocycles. The van der Waals surface area contributed by atoms with E-state index >= 15 is 0 Å². The number of ether oxygens (including phenoxy) is 1. The molecule has 1 amide bonds. The summed E-state index contributed by atoms with van der Waals surface area (Å²) in [4.78, 5) is 12.0. The molecule has 1 aromatic rings. The average Bonchev–Trinajstić information content (AvgIpc) is 2.38. The number of nitrogen functional groups attached to an aromatic ring is 1. The van der Waals surface area contributed by atoms with Crippen molar-refractivity contribution in [3.05, 3.63) is 23.8 Å². The lowest BCUT2D eigenvalue weighted by atomic mass is 10.1. The number of carbonyl (C=O) groups excluding carboxylic acids is 1. The van der Waals surface area contributed by atoms with Gasteiger partial charge in [0.15, 0.2) is 0 Å². The molecule has 0 heterocycles. The fourth-order valence-corrected chi connectivity index (χ4v) is 2.00. The third-order valence-corrected chi connectivity index (χ3v) is 4.24. The predicted molar refractivity (Wildman–Crippen MR) is 77.9 cm³/mol. The maximum absolute atomic E-state index is 12.0. The van der Waals surface area contributed by atoms with Crippen LogP contribution in [0.15, 0.2) is 18.2 Å². The fraction of sp³-hybridized carbons (Fsp3) is 0.462. The second-order valence-electron chi connectivity index (χ2n) is 4.31. The van der Waals surface area contributed by atoms with E-state index in [1.807, 2.05) is 6.92 Å². The molecule has 0 fully saturated rings. The minimum atomic E-state index is -0.875. The van der Waals surface area contributed by atoms with Crippen LogP contribution in [0, 0.1) is 0 Å². The van der Waals surface area contributed by atoms with Gasteiger partial charge in [-0.2, -0.15) is 0 Å². The second kappa shape index (κ2) is 7.13. The number of hydrogen-bond donors (Lipinski definition) is 2. The van der Waals surface area contributed by atoms with E-state index in [9.17, 15) is 9.00 Å². The molecule has 3 N–H and O–H groups in total. The number of rotatable bonds is 6. The Morgan fingerprint density at radius 1 is 1.53 bits per heavy atom. The van der Waals surface area contributed by atoms with Crippen LogP contribution in [0.5, 0.6) is 5.75 Å². The third-order valence-electron chi connectivity index (χ3n) is 2.87. The minimum absolute atomic E-state index is 0.0584. The molecule has 2 atom stereocenters. The van der Waals surface area contributed by atoms with Crippen molar-refractivity contribution in [1.29, 1.82) is 0 Å². The van der Waals surface area contributed by atoms with Crippen LogP contribution in [-0.4, -0.2) is 35.3 Å². The molecule has 0 aliphatic heterocycles. The summed E-state index contributed by atoms with van der Waals surface area (Å²) in [6, 6.07) is 4.92. The lowest BCUT2D eigenvalue weighted by molar-refractivity contribution is 0.0950. The average molecular weight is 284 g/mol. The summed E-state index contributed by atoms with van der Waals surface area (Å²) < 4.78 is 16.3. The van der Waals surface area contributed by atoms with Gasteiger partial charge in [0.1, 0.15) is 5.75 Å². The van der Waals surface area contributed by atoms with Crippen molar-refractivity contribution in [2.45, 2.75) is 18.6 Å². The largest absolute Gasteiger partial charge is 0.496 e. The van der Waals surface area contributed by atoms with Gasteiger partial charge in [0, 0.05) is 34.5 Å². The van der Waals surface area contributed by atoms with Crippen molar-refractivity contribution in [1.82, 2.24) is 5.32 Å². The van der Waals surface area contributed by atoms with Crippen LogP contribution in [-0.2, 0) is 10.8 Å². The van der Waals surface area contributed by atoms with Gasteiger partial charge < -0.3 is 15.8 Å². The van der Waals surface area contributed by atoms with Gasteiger partial charge in [-0.15, -0.1) is 0 Å². The van der Waals surface area contributed by atoms with E-state index in [-0.39, 0.29) is 11.2 Å². The molecule has 1 rings (SSSR count). The Morgan fingerprint density at radius 3 is 2.79 bits per heavy atom. The van der Waals surface area contributed by atoms with Gasteiger partial charge in [0.25, 0.3) is 5.91 Å². The number of methoxy groups -OCH3 is 1. The summed E-state index contributed by atoms with van der Waals surface area (Å²) >= 11 is 0. The van der Waals surface area contributed by atoms with Gasteiger partial charge in [-0.3, -0.25) is 9.00 Å². The summed E-state index contributed by atoms with van der Waals surface area (Å²) in [5, 5.41) is 2.84. The number of anilines is 1. The summed E-state index contributed by atoms with van der Waals surface area (Å²) in [6.45, 7) is 2.36. The van der Waals surface area contributed by atoms with Crippen molar-refractivity contribution in [2.24, 2.45) is 0 Å². The van der Waals surface area contributed by atoms with Crippen molar-refractivity contribution < 1.29 is 13.7 Å². The Balaban J connectivity index is 2.63. The molecule has 19 heavy (non-hydrogen) atoms. The van der Waals surface area contributed by atoms with Crippen LogP contribution >= 0.6 is 0 Å². The van der Waals surface area contributed by atoms with Gasteiger partial charge >= 0.3 is 0 Å². The van der Waals surface area contributed by atoms with Gasteiger partial charge in [-0.25, -0.2) is 0 Å². The molecule has 0 aliphatic rings. The van der Waals surface area contributed by atoms with Gasteiger partial charge in [0.05, 0.1) is 12.7 Å². The molecule has 0 saturated heterocycles. The molecule has 0 saturated carbocycles. The molecule has 6 heteroatoms. The van der Waals surface area contributed by atoms with Crippen LogP contribution in [0.4, 0.5) is 5.69 Å². The predicted octanol–water partition coefficient (Wildman–Crippen LogP) is 1.16. The lowest BCUT2D eigenvalue weighted by Gasteiger charge is -2.11. The minimum Gasteiger partial charge on any atom is -0.496 e. The molecule has 5 nitrogen and oxygen atoms in total. The van der Waals surface area contributed by atoms with Crippen LogP contribution < -0.4 is 15.8 Å². The summed E-state index contributed by atoms with van der Waals surface area (Å²) in [5.41, 5.74) is 6.58. The highest BCUT2D eigenvalue weighted by Crippen LogP contribution is 2.20. The number of amides is 1. The molecule has 0 aromatic heterocycles. The first-order valence-corrected chi connectivity index (χ1v) is 7.61. The van der Waals surface area contributed by atoms with E-state index in [2.05, 4.69) is 5.32 Å². The highest BCUT2D eigenvalue weighted by atomic mass is 32.2. The molecule has 106 valence electrons. The normalized spacial score (nSPS) is 13.6. The lowest BCUT2D eigenvalue weighted by Crippen LogP contribution is -2.27. The number of carbonyl (C=O) groups is 1. The first-order chi connectivity index (χ1) is 8.95. The number of benzene rings is 1. The maximum Gasteiger partial charge on any atom is 0.255 e. The summed E-state index contributed by atoms with van der Waals surface area (Å²) in [7, 11) is 0.629. The van der Waals surface area contributed by atoms with Gasteiger partial charge in [-0.05, 0) is 24.6 Å². The Labute approximate surface area is 116 Å². The molecule has 0 aliphatic carbocycles. The number of hydrogen-bond acceptors (Lipinski definition) is 4. The Hall–Kier alpha value is -1.56. The molecule has 0 spiro atoms. The fourth-order valence-electron chi connectivity index (χ4n) is 1.55. The Kier molecular flexibility index (Phi) is 5.82. The van der Waals surface area contributed by atoms with Crippen LogP contribution in [0.2, 0.25) is 0 Å². The monoisotopic (exact) mass is 284 g/mol. The highest BCUT2D eigenvalue weighted by Gasteiger charge is 2.13. The SMILES string of the molecule is COc1ccc(N)cc1C(=O)NCCC(C)S(C)=O. The first kappa shape index (κ1) is 15.5. The van der Waals surface area contributed by atoms with E-state index in [4.69, 9.17) is 10.5 Å². The number of nitrogens with two attached hydrogens (primary N) is 1. The maximum atomic E-state index is 12.0. The zero-order valence-electron chi connectivity index (χ0n) is 11.4. The van der Waals surface area contributed by atoms with Crippen LogP contribution in [0.1, 0.15) is 23.7 Å². The molecular weight excluding hydrogens is 264 g/mol. The van der Waals surface area contributed by atoms with Gasteiger partial charge in [0.2, 0.25) is 0 Å². The van der Waals surface area contributed by atoms with Crippen molar-refractivity contribution in [3.63, 3.8) is 0 Å².